The first-order valence-corrected chi connectivity index (χ1v) is 4.78. The number of carbonyl (C=O) groups is 3. The van der Waals surface area contributed by atoms with Gasteiger partial charge in [-0.3, -0.25) is 9.59 Å². The number of hydrogen-bond acceptors (Lipinski definition) is 3. The van der Waals surface area contributed by atoms with E-state index in [1.165, 1.54) is 0 Å². The highest BCUT2D eigenvalue weighted by Crippen LogP contribution is 2.14. The molecule has 0 bridgehead atoms. The normalized spacial score (nSPS) is 13.1. The standard InChI is InChI=1S/C10H17NO4/c1-5-6(9(14)15)11-8(13)7(12)10(2,3)4/h6H,5H2,1-4H3,(H,11,13)(H,14,15)/t6-/m1/s1. The number of hydrogen-bond donors (Lipinski definition) is 2. The summed E-state index contributed by atoms with van der Waals surface area (Å²) in [5, 5.41) is 10.9. The lowest BCUT2D eigenvalue weighted by Crippen LogP contribution is -2.46. The summed E-state index contributed by atoms with van der Waals surface area (Å²) in [4.78, 5) is 33.4. The zero-order valence-electron chi connectivity index (χ0n) is 9.46. The minimum atomic E-state index is -1.13. The van der Waals surface area contributed by atoms with Gasteiger partial charge in [-0.25, -0.2) is 4.79 Å². The first-order valence-electron chi connectivity index (χ1n) is 4.78. The van der Waals surface area contributed by atoms with Gasteiger partial charge in [0.05, 0.1) is 0 Å². The minimum Gasteiger partial charge on any atom is -0.480 e. The summed E-state index contributed by atoms with van der Waals surface area (Å²) in [6.45, 7) is 6.45. The van der Waals surface area contributed by atoms with E-state index in [2.05, 4.69) is 5.32 Å². The van der Waals surface area contributed by atoms with E-state index in [0.717, 1.165) is 0 Å². The van der Waals surface area contributed by atoms with Crippen LogP contribution in [0, 0.1) is 5.41 Å². The maximum absolute atomic E-state index is 11.4. The zero-order chi connectivity index (χ0) is 12.2. The smallest absolute Gasteiger partial charge is 0.326 e. The highest BCUT2D eigenvalue weighted by atomic mass is 16.4. The second kappa shape index (κ2) is 4.91. The number of aliphatic carboxylic acids is 1. The van der Waals surface area contributed by atoms with Gasteiger partial charge in [0.1, 0.15) is 6.04 Å². The van der Waals surface area contributed by atoms with Crippen LogP contribution in [0.4, 0.5) is 0 Å². The van der Waals surface area contributed by atoms with Crippen LogP contribution >= 0.6 is 0 Å². The first-order chi connectivity index (χ1) is 6.70. The number of rotatable bonds is 4. The molecule has 5 heteroatoms. The van der Waals surface area contributed by atoms with E-state index in [4.69, 9.17) is 5.11 Å². The molecule has 0 aliphatic heterocycles. The molecule has 0 saturated heterocycles. The van der Waals surface area contributed by atoms with Gasteiger partial charge >= 0.3 is 5.97 Å². The van der Waals surface area contributed by atoms with Gasteiger partial charge in [-0.15, -0.1) is 0 Å². The predicted molar refractivity (Wildman–Crippen MR) is 54.3 cm³/mol. The Hall–Kier alpha value is -1.39. The number of amides is 1. The Morgan fingerprint density at radius 1 is 1.27 bits per heavy atom. The third kappa shape index (κ3) is 4.10. The molecule has 15 heavy (non-hydrogen) atoms. The van der Waals surface area contributed by atoms with Crippen molar-refractivity contribution >= 4 is 17.7 Å². The largest absolute Gasteiger partial charge is 0.480 e. The van der Waals surface area contributed by atoms with Crippen LogP contribution in [0.1, 0.15) is 34.1 Å². The summed E-state index contributed by atoms with van der Waals surface area (Å²) in [6.07, 6.45) is 0.249. The number of carboxylic acids is 1. The van der Waals surface area contributed by atoms with E-state index in [1.807, 2.05) is 0 Å². The summed E-state index contributed by atoms with van der Waals surface area (Å²) < 4.78 is 0. The maximum atomic E-state index is 11.4. The lowest BCUT2D eigenvalue weighted by molar-refractivity contribution is -0.146. The van der Waals surface area contributed by atoms with Crippen LogP contribution in [0.5, 0.6) is 0 Å². The molecule has 86 valence electrons. The molecule has 0 rings (SSSR count). The Labute approximate surface area is 88.9 Å². The second-order valence-corrected chi connectivity index (χ2v) is 4.35. The van der Waals surface area contributed by atoms with Crippen molar-refractivity contribution in [1.82, 2.24) is 5.32 Å². The topological polar surface area (TPSA) is 83.5 Å². The molecule has 1 amide bonds. The van der Waals surface area contributed by atoms with Crippen LogP contribution in [0.2, 0.25) is 0 Å². The molecule has 0 saturated carbocycles. The summed E-state index contributed by atoms with van der Waals surface area (Å²) in [5.41, 5.74) is -0.791. The summed E-state index contributed by atoms with van der Waals surface area (Å²) in [5.74, 6) is -2.58. The molecule has 0 radical (unpaired) electrons. The molecule has 0 fully saturated rings. The van der Waals surface area contributed by atoms with Crippen LogP contribution in [0.3, 0.4) is 0 Å². The number of carbonyl (C=O) groups excluding carboxylic acids is 2. The van der Waals surface area contributed by atoms with E-state index < -0.39 is 29.1 Å². The molecule has 0 aromatic rings. The average Bonchev–Trinajstić information content (AvgIpc) is 2.10. The van der Waals surface area contributed by atoms with E-state index in [-0.39, 0.29) is 6.42 Å². The van der Waals surface area contributed by atoms with Crippen molar-refractivity contribution < 1.29 is 19.5 Å². The van der Waals surface area contributed by atoms with Crippen molar-refractivity contribution in [3.8, 4) is 0 Å². The molecule has 0 aliphatic rings. The van der Waals surface area contributed by atoms with Crippen LogP contribution in [-0.2, 0) is 14.4 Å². The second-order valence-electron chi connectivity index (χ2n) is 4.35. The van der Waals surface area contributed by atoms with E-state index in [0.29, 0.717) is 0 Å². The molecular formula is C10H17NO4. The van der Waals surface area contributed by atoms with Crippen molar-refractivity contribution in [2.24, 2.45) is 5.41 Å². The molecule has 0 heterocycles. The molecule has 1 atom stereocenters. The monoisotopic (exact) mass is 215 g/mol. The Morgan fingerprint density at radius 2 is 1.73 bits per heavy atom. The van der Waals surface area contributed by atoms with Crippen molar-refractivity contribution in [1.29, 1.82) is 0 Å². The van der Waals surface area contributed by atoms with Gasteiger partial charge in [0.2, 0.25) is 5.78 Å². The lowest BCUT2D eigenvalue weighted by Gasteiger charge is -2.18. The van der Waals surface area contributed by atoms with Gasteiger partial charge in [0, 0.05) is 5.41 Å². The van der Waals surface area contributed by atoms with Crippen molar-refractivity contribution in [2.75, 3.05) is 0 Å². The van der Waals surface area contributed by atoms with Crippen LogP contribution in [0.25, 0.3) is 0 Å². The minimum absolute atomic E-state index is 0.249. The molecule has 0 aromatic carbocycles. The first kappa shape index (κ1) is 13.6. The van der Waals surface area contributed by atoms with Gasteiger partial charge in [0.25, 0.3) is 5.91 Å². The van der Waals surface area contributed by atoms with Crippen LogP contribution < -0.4 is 5.32 Å². The Kier molecular flexibility index (Phi) is 4.45. The Morgan fingerprint density at radius 3 is 2.00 bits per heavy atom. The average molecular weight is 215 g/mol. The van der Waals surface area contributed by atoms with E-state index in [1.54, 1.807) is 27.7 Å². The molecule has 2 N–H and O–H groups in total. The fourth-order valence-electron chi connectivity index (χ4n) is 0.903. The van der Waals surface area contributed by atoms with E-state index >= 15 is 0 Å². The molecule has 0 unspecified atom stereocenters. The third-order valence-corrected chi connectivity index (χ3v) is 1.90. The quantitative estimate of drug-likeness (QED) is 0.672. The van der Waals surface area contributed by atoms with Gasteiger partial charge in [-0.05, 0) is 6.42 Å². The Balaban J connectivity index is 4.50. The fraction of sp³-hybridized carbons (Fsp3) is 0.700. The number of ketones is 1. The lowest BCUT2D eigenvalue weighted by atomic mass is 9.90. The fourth-order valence-corrected chi connectivity index (χ4v) is 0.903. The number of Topliss-reactive ketones (excluding diaryl/α,β-unsaturated/α-hetero) is 1. The van der Waals surface area contributed by atoms with Gasteiger partial charge in [0.15, 0.2) is 0 Å². The molecule has 5 nitrogen and oxygen atoms in total. The van der Waals surface area contributed by atoms with Gasteiger partial charge < -0.3 is 10.4 Å². The van der Waals surface area contributed by atoms with E-state index in [9.17, 15) is 14.4 Å². The maximum Gasteiger partial charge on any atom is 0.326 e. The van der Waals surface area contributed by atoms with Crippen molar-refractivity contribution in [3.05, 3.63) is 0 Å². The summed E-state index contributed by atoms with van der Waals surface area (Å²) >= 11 is 0. The highest BCUT2D eigenvalue weighted by Gasteiger charge is 2.30. The van der Waals surface area contributed by atoms with Crippen molar-refractivity contribution in [2.45, 2.75) is 40.2 Å². The Bertz CT molecular complexity index is 278. The summed E-state index contributed by atoms with van der Waals surface area (Å²) in [7, 11) is 0. The van der Waals surface area contributed by atoms with Gasteiger partial charge in [-0.2, -0.15) is 0 Å². The number of carboxylic acid groups (broad SMARTS) is 1. The molecular weight excluding hydrogens is 198 g/mol. The van der Waals surface area contributed by atoms with Crippen LogP contribution in [0.15, 0.2) is 0 Å². The third-order valence-electron chi connectivity index (χ3n) is 1.90. The zero-order valence-corrected chi connectivity index (χ0v) is 9.46. The highest BCUT2D eigenvalue weighted by molar-refractivity contribution is 6.38. The molecule has 0 aromatic heterocycles. The van der Waals surface area contributed by atoms with Crippen LogP contribution in [-0.4, -0.2) is 28.8 Å². The predicted octanol–water partition coefficient (Wildman–Crippen LogP) is 0.581. The number of nitrogens with one attached hydrogen (secondary N) is 1. The molecule has 0 aliphatic carbocycles. The summed E-state index contributed by atoms with van der Waals surface area (Å²) in [6, 6.07) is -0.996. The molecule has 0 spiro atoms. The SMILES string of the molecule is CC[C@@H](NC(=O)C(=O)C(C)(C)C)C(=O)O. The van der Waals surface area contributed by atoms with Gasteiger partial charge in [-0.1, -0.05) is 27.7 Å². The van der Waals surface area contributed by atoms with Crippen molar-refractivity contribution in [3.63, 3.8) is 0 Å².